The number of aromatic nitrogens is 2. The van der Waals surface area contributed by atoms with Crippen molar-refractivity contribution >= 4 is 0 Å². The van der Waals surface area contributed by atoms with Crippen LogP contribution >= 0.6 is 0 Å². The molecular formula is C16H20N2O2. The molecule has 20 heavy (non-hydrogen) atoms. The number of aliphatic hydroxyl groups is 1. The Morgan fingerprint density at radius 1 is 1.35 bits per heavy atom. The number of nitrogens with zero attached hydrogens (tertiary/aromatic N) is 2. The normalized spacial score (nSPS) is 17.8. The van der Waals surface area contributed by atoms with Crippen molar-refractivity contribution in [3.8, 4) is 5.75 Å². The Kier molecular flexibility index (Phi) is 3.74. The zero-order valence-electron chi connectivity index (χ0n) is 11.7. The van der Waals surface area contributed by atoms with Gasteiger partial charge in [0, 0.05) is 38.1 Å². The molecule has 1 aliphatic heterocycles. The van der Waals surface area contributed by atoms with E-state index in [1.165, 1.54) is 5.56 Å². The molecule has 3 rings (SSSR count). The van der Waals surface area contributed by atoms with E-state index in [1.54, 1.807) is 7.11 Å². The summed E-state index contributed by atoms with van der Waals surface area (Å²) in [5, 5.41) is 9.26. The number of rotatable bonds is 4. The van der Waals surface area contributed by atoms with E-state index in [9.17, 15) is 5.11 Å². The van der Waals surface area contributed by atoms with Crippen molar-refractivity contribution in [3.05, 3.63) is 47.5 Å². The molecule has 106 valence electrons. The van der Waals surface area contributed by atoms with Crippen molar-refractivity contribution in [2.45, 2.75) is 25.8 Å². The number of benzene rings is 1. The number of fused-ring (bicyclic) bond motifs is 1. The Hall–Kier alpha value is -1.81. The average Bonchev–Trinajstić information content (AvgIpc) is 2.89. The maximum absolute atomic E-state index is 9.26. The summed E-state index contributed by atoms with van der Waals surface area (Å²) in [5.41, 5.74) is 2.34. The molecule has 1 aliphatic rings. The van der Waals surface area contributed by atoms with E-state index in [4.69, 9.17) is 9.72 Å². The number of ether oxygens (including phenoxy) is 1. The molecule has 0 saturated carbocycles. The molecule has 0 saturated heterocycles. The summed E-state index contributed by atoms with van der Waals surface area (Å²) in [4.78, 5) is 4.71. The molecular weight excluding hydrogens is 252 g/mol. The molecule has 1 aromatic heterocycles. The van der Waals surface area contributed by atoms with Gasteiger partial charge in [0.1, 0.15) is 11.6 Å². The van der Waals surface area contributed by atoms with Crippen LogP contribution in [0.1, 0.15) is 23.5 Å². The van der Waals surface area contributed by atoms with E-state index < -0.39 is 0 Å². The second-order valence-corrected chi connectivity index (χ2v) is 5.41. The minimum absolute atomic E-state index is 0.269. The second kappa shape index (κ2) is 5.67. The standard InChI is InChI=1S/C16H20N2O2/c1-20-15-5-2-12(3-6-15)8-14-10-18-9-13(11-19)4-7-16(18)17-14/h2-3,5-6,10,13,19H,4,7-9,11H2,1H3. The minimum atomic E-state index is 0.269. The van der Waals surface area contributed by atoms with Crippen LogP contribution < -0.4 is 4.74 Å². The number of aliphatic hydroxyl groups excluding tert-OH is 1. The van der Waals surface area contributed by atoms with E-state index in [1.807, 2.05) is 12.1 Å². The van der Waals surface area contributed by atoms with Gasteiger partial charge in [0.2, 0.25) is 0 Å². The maximum atomic E-state index is 9.26. The van der Waals surface area contributed by atoms with Crippen molar-refractivity contribution in [2.24, 2.45) is 5.92 Å². The van der Waals surface area contributed by atoms with Crippen LogP contribution in [0.3, 0.4) is 0 Å². The van der Waals surface area contributed by atoms with Gasteiger partial charge in [-0.05, 0) is 24.1 Å². The van der Waals surface area contributed by atoms with Crippen LogP contribution in [0.15, 0.2) is 30.5 Å². The highest BCUT2D eigenvalue weighted by atomic mass is 16.5. The smallest absolute Gasteiger partial charge is 0.118 e. The Labute approximate surface area is 119 Å². The van der Waals surface area contributed by atoms with Crippen molar-refractivity contribution in [1.82, 2.24) is 9.55 Å². The van der Waals surface area contributed by atoms with Crippen molar-refractivity contribution in [1.29, 1.82) is 0 Å². The van der Waals surface area contributed by atoms with E-state index in [0.717, 1.165) is 43.1 Å². The first-order valence-corrected chi connectivity index (χ1v) is 7.07. The molecule has 2 heterocycles. The number of aryl methyl sites for hydroxylation is 1. The Balaban J connectivity index is 1.73. The topological polar surface area (TPSA) is 47.3 Å². The van der Waals surface area contributed by atoms with Gasteiger partial charge in [-0.1, -0.05) is 12.1 Å². The molecule has 2 aromatic rings. The van der Waals surface area contributed by atoms with Gasteiger partial charge in [0.05, 0.1) is 12.8 Å². The molecule has 4 heteroatoms. The van der Waals surface area contributed by atoms with Gasteiger partial charge in [-0.3, -0.25) is 0 Å². The number of methoxy groups -OCH3 is 1. The average molecular weight is 272 g/mol. The monoisotopic (exact) mass is 272 g/mol. The molecule has 1 unspecified atom stereocenters. The van der Waals surface area contributed by atoms with Crippen LogP contribution in [-0.4, -0.2) is 28.4 Å². The summed E-state index contributed by atoms with van der Waals surface area (Å²) in [6, 6.07) is 8.11. The third kappa shape index (κ3) is 2.70. The van der Waals surface area contributed by atoms with E-state index in [2.05, 4.69) is 22.9 Å². The van der Waals surface area contributed by atoms with Crippen molar-refractivity contribution in [2.75, 3.05) is 13.7 Å². The molecule has 1 atom stereocenters. The van der Waals surface area contributed by atoms with Crippen LogP contribution in [0.5, 0.6) is 5.75 Å². The van der Waals surface area contributed by atoms with Gasteiger partial charge < -0.3 is 14.4 Å². The highest BCUT2D eigenvalue weighted by Gasteiger charge is 2.19. The molecule has 1 N–H and O–H groups in total. The molecule has 0 spiro atoms. The zero-order valence-corrected chi connectivity index (χ0v) is 11.7. The van der Waals surface area contributed by atoms with E-state index in [0.29, 0.717) is 5.92 Å². The summed E-state index contributed by atoms with van der Waals surface area (Å²) in [5.74, 6) is 2.41. The molecule has 0 fully saturated rings. The molecule has 0 amide bonds. The number of hydrogen-bond donors (Lipinski definition) is 1. The fourth-order valence-corrected chi connectivity index (χ4v) is 2.76. The van der Waals surface area contributed by atoms with Gasteiger partial charge in [-0.2, -0.15) is 0 Å². The first kappa shape index (κ1) is 13.2. The van der Waals surface area contributed by atoms with Crippen LogP contribution in [0, 0.1) is 5.92 Å². The predicted octanol–water partition coefficient (Wildman–Crippen LogP) is 2.04. The highest BCUT2D eigenvalue weighted by Crippen LogP contribution is 2.21. The van der Waals surface area contributed by atoms with Crippen LogP contribution in [-0.2, 0) is 19.4 Å². The predicted molar refractivity (Wildman–Crippen MR) is 76.9 cm³/mol. The lowest BCUT2D eigenvalue weighted by atomic mass is 10.0. The Morgan fingerprint density at radius 2 is 2.15 bits per heavy atom. The lowest BCUT2D eigenvalue weighted by molar-refractivity contribution is 0.190. The van der Waals surface area contributed by atoms with Gasteiger partial charge in [-0.15, -0.1) is 0 Å². The Bertz CT molecular complexity index is 575. The largest absolute Gasteiger partial charge is 0.497 e. The maximum Gasteiger partial charge on any atom is 0.118 e. The second-order valence-electron chi connectivity index (χ2n) is 5.41. The molecule has 0 bridgehead atoms. The quantitative estimate of drug-likeness (QED) is 0.926. The van der Waals surface area contributed by atoms with Crippen LogP contribution in [0.2, 0.25) is 0 Å². The first-order chi connectivity index (χ1) is 9.78. The number of hydrogen-bond acceptors (Lipinski definition) is 3. The summed E-state index contributed by atoms with van der Waals surface area (Å²) in [6.07, 6.45) is 4.97. The van der Waals surface area contributed by atoms with E-state index in [-0.39, 0.29) is 6.61 Å². The SMILES string of the molecule is COc1ccc(Cc2cn3c(n2)CCC(CO)C3)cc1. The minimum Gasteiger partial charge on any atom is -0.497 e. The van der Waals surface area contributed by atoms with Gasteiger partial charge in [-0.25, -0.2) is 4.98 Å². The summed E-state index contributed by atoms with van der Waals surface area (Å²) in [6.45, 7) is 1.16. The highest BCUT2D eigenvalue weighted by molar-refractivity contribution is 5.29. The Morgan fingerprint density at radius 3 is 2.85 bits per heavy atom. The third-order valence-electron chi connectivity index (χ3n) is 3.94. The van der Waals surface area contributed by atoms with Gasteiger partial charge in [0.15, 0.2) is 0 Å². The van der Waals surface area contributed by atoms with Crippen molar-refractivity contribution in [3.63, 3.8) is 0 Å². The third-order valence-corrected chi connectivity index (χ3v) is 3.94. The lowest BCUT2D eigenvalue weighted by Crippen LogP contribution is -2.22. The lowest BCUT2D eigenvalue weighted by Gasteiger charge is -2.21. The fourth-order valence-electron chi connectivity index (χ4n) is 2.76. The van der Waals surface area contributed by atoms with Crippen LogP contribution in [0.25, 0.3) is 0 Å². The first-order valence-electron chi connectivity index (χ1n) is 7.07. The van der Waals surface area contributed by atoms with Gasteiger partial charge in [0.25, 0.3) is 0 Å². The molecule has 1 aromatic carbocycles. The van der Waals surface area contributed by atoms with Crippen molar-refractivity contribution < 1.29 is 9.84 Å². The van der Waals surface area contributed by atoms with E-state index >= 15 is 0 Å². The van der Waals surface area contributed by atoms with Crippen LogP contribution in [0.4, 0.5) is 0 Å². The summed E-state index contributed by atoms with van der Waals surface area (Å²) < 4.78 is 7.36. The fraction of sp³-hybridized carbons (Fsp3) is 0.438. The summed E-state index contributed by atoms with van der Waals surface area (Å²) in [7, 11) is 1.68. The number of imidazole rings is 1. The summed E-state index contributed by atoms with van der Waals surface area (Å²) >= 11 is 0. The molecule has 0 radical (unpaired) electrons. The van der Waals surface area contributed by atoms with Gasteiger partial charge >= 0.3 is 0 Å². The molecule has 4 nitrogen and oxygen atoms in total. The molecule has 0 aliphatic carbocycles. The zero-order chi connectivity index (χ0) is 13.9.